The molecular formula is C25H28O7. The summed E-state index contributed by atoms with van der Waals surface area (Å²) in [5.74, 6) is 0.0951. The molecule has 0 amide bonds. The van der Waals surface area contributed by atoms with Gasteiger partial charge in [-0.2, -0.15) is 0 Å². The summed E-state index contributed by atoms with van der Waals surface area (Å²) in [5.41, 5.74) is 1.85. The van der Waals surface area contributed by atoms with Crippen molar-refractivity contribution in [2.45, 2.75) is 39.7 Å². The number of phenolic OH excluding ortho intramolecular Hbond substituents is 2. The van der Waals surface area contributed by atoms with Crippen molar-refractivity contribution < 1.29 is 29.2 Å². The number of aliphatic hydroxyl groups is 1. The zero-order valence-corrected chi connectivity index (χ0v) is 18.9. The van der Waals surface area contributed by atoms with Crippen molar-refractivity contribution in [2.75, 3.05) is 14.2 Å². The normalized spacial score (nSPS) is 12.1. The van der Waals surface area contributed by atoms with Crippen LogP contribution < -0.4 is 14.9 Å². The summed E-state index contributed by atoms with van der Waals surface area (Å²) in [5, 5.41) is 31.9. The fraction of sp³-hybridized carbons (Fsp3) is 0.320. The molecule has 0 saturated carbocycles. The average molecular weight is 440 g/mol. The van der Waals surface area contributed by atoms with E-state index in [4.69, 9.17) is 13.9 Å². The average Bonchev–Trinajstić information content (AvgIpc) is 2.72. The van der Waals surface area contributed by atoms with Crippen molar-refractivity contribution in [1.29, 1.82) is 0 Å². The van der Waals surface area contributed by atoms with Crippen molar-refractivity contribution in [3.05, 3.63) is 57.3 Å². The molecule has 2 aromatic carbocycles. The highest BCUT2D eigenvalue weighted by Gasteiger charge is 2.25. The third-order valence-corrected chi connectivity index (χ3v) is 5.43. The molecule has 0 aliphatic carbocycles. The minimum absolute atomic E-state index is 0.0337. The maximum Gasteiger partial charge on any atom is 0.204 e. The number of ether oxygens (including phenoxy) is 2. The molecule has 3 aromatic rings. The van der Waals surface area contributed by atoms with E-state index < -0.39 is 11.5 Å². The third-order valence-electron chi connectivity index (χ3n) is 5.43. The highest BCUT2D eigenvalue weighted by atomic mass is 16.5. The summed E-state index contributed by atoms with van der Waals surface area (Å²) in [7, 11) is 2.89. The number of benzene rings is 2. The lowest BCUT2D eigenvalue weighted by Crippen LogP contribution is -2.15. The van der Waals surface area contributed by atoms with Gasteiger partial charge in [0.05, 0.1) is 25.7 Å². The van der Waals surface area contributed by atoms with Gasteiger partial charge in [-0.3, -0.25) is 4.79 Å². The number of phenols is 2. The standard InChI is InChI=1S/C25H28O7/c1-12(2)7-8-14-17(27)10-18-22(23(14)28)24(29)21-15(9-16(26)13(3)4)25(31-6)20(30-5)11-19(21)32-18/h7,10-11,16,26-28H,3,8-9H2,1-2,4-6H3/t16-/m0/s1. The lowest BCUT2D eigenvalue weighted by molar-refractivity contribution is 0.210. The van der Waals surface area contributed by atoms with Crippen molar-refractivity contribution in [1.82, 2.24) is 0 Å². The highest BCUT2D eigenvalue weighted by Crippen LogP contribution is 2.41. The van der Waals surface area contributed by atoms with E-state index in [9.17, 15) is 20.1 Å². The topological polar surface area (TPSA) is 109 Å². The van der Waals surface area contributed by atoms with E-state index in [1.54, 1.807) is 6.92 Å². The monoisotopic (exact) mass is 440 g/mol. The molecule has 0 aliphatic heterocycles. The first kappa shape index (κ1) is 23.2. The Labute approximate surface area is 185 Å². The Hall–Kier alpha value is -3.45. The number of hydrogen-bond acceptors (Lipinski definition) is 7. The van der Waals surface area contributed by atoms with Gasteiger partial charge in [-0.1, -0.05) is 23.8 Å². The van der Waals surface area contributed by atoms with Crippen LogP contribution in [0, 0.1) is 0 Å². The van der Waals surface area contributed by atoms with Crippen LogP contribution in [0.5, 0.6) is 23.0 Å². The van der Waals surface area contributed by atoms with Gasteiger partial charge >= 0.3 is 0 Å². The summed E-state index contributed by atoms with van der Waals surface area (Å²) in [6.45, 7) is 9.25. The Bertz CT molecular complexity index is 1290. The molecule has 0 unspecified atom stereocenters. The molecule has 32 heavy (non-hydrogen) atoms. The Balaban J connectivity index is 2.46. The van der Waals surface area contributed by atoms with Crippen LogP contribution in [0.2, 0.25) is 0 Å². The summed E-state index contributed by atoms with van der Waals surface area (Å²) in [6, 6.07) is 2.83. The molecule has 3 N–H and O–H groups in total. The van der Waals surface area contributed by atoms with Gasteiger partial charge in [0, 0.05) is 29.7 Å². The van der Waals surface area contributed by atoms with Gasteiger partial charge in [0.25, 0.3) is 0 Å². The molecule has 1 heterocycles. The van der Waals surface area contributed by atoms with Crippen LogP contribution in [0.1, 0.15) is 31.9 Å². The predicted octanol–water partition coefficient (Wildman–Crippen LogP) is 4.36. The lowest BCUT2D eigenvalue weighted by atomic mass is 9.96. The van der Waals surface area contributed by atoms with Crippen LogP contribution in [0.15, 0.2) is 45.1 Å². The molecule has 170 valence electrons. The zero-order chi connectivity index (χ0) is 23.7. The molecule has 0 fully saturated rings. The number of aromatic hydroxyl groups is 2. The fourth-order valence-corrected chi connectivity index (χ4v) is 3.66. The van der Waals surface area contributed by atoms with Gasteiger partial charge in [0.15, 0.2) is 11.5 Å². The fourth-order valence-electron chi connectivity index (χ4n) is 3.66. The van der Waals surface area contributed by atoms with Crippen molar-refractivity contribution in [3.8, 4) is 23.0 Å². The van der Waals surface area contributed by atoms with Gasteiger partial charge in [-0.15, -0.1) is 0 Å². The van der Waals surface area contributed by atoms with E-state index in [1.807, 2.05) is 19.9 Å². The summed E-state index contributed by atoms with van der Waals surface area (Å²) < 4.78 is 16.8. The number of fused-ring (bicyclic) bond motifs is 2. The SMILES string of the molecule is C=C(C)[C@@H](O)Cc1c(OC)c(OC)cc2oc3cc(O)c(CC=C(C)C)c(O)c3c(=O)c12. The van der Waals surface area contributed by atoms with Gasteiger partial charge in [0.1, 0.15) is 28.1 Å². The van der Waals surface area contributed by atoms with E-state index in [2.05, 4.69) is 6.58 Å². The molecule has 0 spiro atoms. The molecule has 0 radical (unpaired) electrons. The van der Waals surface area contributed by atoms with Crippen LogP contribution in [0.25, 0.3) is 21.9 Å². The summed E-state index contributed by atoms with van der Waals surface area (Å²) in [6.07, 6.45) is 1.19. The van der Waals surface area contributed by atoms with Crippen LogP contribution in [-0.4, -0.2) is 35.6 Å². The van der Waals surface area contributed by atoms with Crippen molar-refractivity contribution in [3.63, 3.8) is 0 Å². The Morgan fingerprint density at radius 2 is 1.75 bits per heavy atom. The first-order valence-corrected chi connectivity index (χ1v) is 10.2. The molecule has 1 aromatic heterocycles. The van der Waals surface area contributed by atoms with Crippen LogP contribution in [0.4, 0.5) is 0 Å². The van der Waals surface area contributed by atoms with E-state index in [0.717, 1.165) is 5.57 Å². The molecule has 0 aliphatic rings. The summed E-state index contributed by atoms with van der Waals surface area (Å²) >= 11 is 0. The van der Waals surface area contributed by atoms with E-state index >= 15 is 0 Å². The molecular weight excluding hydrogens is 412 g/mol. The molecule has 0 bridgehead atoms. The number of methoxy groups -OCH3 is 2. The number of aliphatic hydroxyl groups excluding tert-OH is 1. The first-order valence-electron chi connectivity index (χ1n) is 10.2. The zero-order valence-electron chi connectivity index (χ0n) is 18.9. The van der Waals surface area contributed by atoms with Crippen LogP contribution >= 0.6 is 0 Å². The number of rotatable bonds is 7. The second-order valence-corrected chi connectivity index (χ2v) is 8.04. The van der Waals surface area contributed by atoms with Gasteiger partial charge in [0.2, 0.25) is 5.43 Å². The molecule has 0 saturated heterocycles. The smallest absolute Gasteiger partial charge is 0.204 e. The predicted molar refractivity (Wildman–Crippen MR) is 124 cm³/mol. The number of allylic oxidation sites excluding steroid dienone is 2. The van der Waals surface area contributed by atoms with E-state index in [1.165, 1.54) is 26.4 Å². The third kappa shape index (κ3) is 4.03. The largest absolute Gasteiger partial charge is 0.507 e. The highest BCUT2D eigenvalue weighted by molar-refractivity contribution is 5.97. The first-order chi connectivity index (χ1) is 15.1. The second kappa shape index (κ2) is 8.96. The van der Waals surface area contributed by atoms with Crippen LogP contribution in [-0.2, 0) is 12.8 Å². The Kier molecular flexibility index (Phi) is 6.50. The van der Waals surface area contributed by atoms with Crippen LogP contribution in [0.3, 0.4) is 0 Å². The summed E-state index contributed by atoms with van der Waals surface area (Å²) in [4.78, 5) is 13.6. The van der Waals surface area contributed by atoms with Crippen molar-refractivity contribution >= 4 is 21.9 Å². The van der Waals surface area contributed by atoms with Crippen molar-refractivity contribution in [2.24, 2.45) is 0 Å². The molecule has 1 atom stereocenters. The minimum atomic E-state index is -0.934. The minimum Gasteiger partial charge on any atom is -0.507 e. The Morgan fingerprint density at radius 3 is 2.31 bits per heavy atom. The Morgan fingerprint density at radius 1 is 1.09 bits per heavy atom. The number of hydrogen-bond donors (Lipinski definition) is 3. The quantitative estimate of drug-likeness (QED) is 0.370. The molecule has 7 heteroatoms. The van der Waals surface area contributed by atoms with Gasteiger partial charge in [-0.05, 0) is 27.2 Å². The second-order valence-electron chi connectivity index (χ2n) is 8.04. The van der Waals surface area contributed by atoms with Gasteiger partial charge in [-0.25, -0.2) is 0 Å². The maximum absolute atomic E-state index is 13.6. The maximum atomic E-state index is 13.6. The lowest BCUT2D eigenvalue weighted by Gasteiger charge is -2.18. The van der Waals surface area contributed by atoms with E-state index in [0.29, 0.717) is 16.9 Å². The molecule has 7 nitrogen and oxygen atoms in total. The van der Waals surface area contributed by atoms with Gasteiger partial charge < -0.3 is 29.2 Å². The van der Waals surface area contributed by atoms with E-state index in [-0.39, 0.29) is 57.6 Å². The molecule has 3 rings (SSSR count).